The van der Waals surface area contributed by atoms with E-state index in [0.29, 0.717) is 12.4 Å². The highest BCUT2D eigenvalue weighted by molar-refractivity contribution is 7.88. The Hall–Kier alpha value is -1.80. The molecule has 0 spiro atoms. The van der Waals surface area contributed by atoms with Gasteiger partial charge in [-0.2, -0.15) is 4.31 Å². The first-order chi connectivity index (χ1) is 10.9. The quantitative estimate of drug-likeness (QED) is 0.852. The Balaban J connectivity index is 2.05. The number of hydrogen-bond acceptors (Lipinski definition) is 5. The van der Waals surface area contributed by atoms with Crippen LogP contribution < -0.4 is 0 Å². The fourth-order valence-corrected chi connectivity index (χ4v) is 4.22. The second kappa shape index (κ2) is 6.01. The van der Waals surface area contributed by atoms with E-state index in [-0.39, 0.29) is 6.04 Å². The molecule has 3 rings (SSSR count). The Labute approximate surface area is 136 Å². The fraction of sp³-hybridized carbons (Fsp3) is 0.533. The largest absolute Gasteiger partial charge is 0.333 e. The number of aryl methyl sites for hydroxylation is 2. The first-order valence-electron chi connectivity index (χ1n) is 7.66. The molecule has 1 saturated heterocycles. The van der Waals surface area contributed by atoms with Gasteiger partial charge in [-0.1, -0.05) is 6.42 Å². The minimum Gasteiger partial charge on any atom is -0.333 e. The summed E-state index contributed by atoms with van der Waals surface area (Å²) >= 11 is 0. The maximum absolute atomic E-state index is 12.1. The number of rotatable bonds is 3. The van der Waals surface area contributed by atoms with Crippen molar-refractivity contribution in [2.45, 2.75) is 32.2 Å². The van der Waals surface area contributed by atoms with E-state index in [1.54, 1.807) is 10.5 Å². The van der Waals surface area contributed by atoms with Crippen molar-refractivity contribution in [3.63, 3.8) is 0 Å². The summed E-state index contributed by atoms with van der Waals surface area (Å²) in [5.74, 6) is 1.37. The molecule has 23 heavy (non-hydrogen) atoms. The van der Waals surface area contributed by atoms with Crippen molar-refractivity contribution >= 4 is 10.0 Å². The first kappa shape index (κ1) is 16.1. The zero-order valence-corrected chi connectivity index (χ0v) is 14.4. The summed E-state index contributed by atoms with van der Waals surface area (Å²) in [6.07, 6.45) is 7.51. The Bertz CT molecular complexity index is 815. The molecule has 7 nitrogen and oxygen atoms in total. The van der Waals surface area contributed by atoms with E-state index in [2.05, 4.69) is 15.0 Å². The summed E-state index contributed by atoms with van der Waals surface area (Å²) in [4.78, 5) is 13.3. The van der Waals surface area contributed by atoms with Crippen LogP contribution >= 0.6 is 0 Å². The molecule has 8 heteroatoms. The zero-order chi connectivity index (χ0) is 16.6. The van der Waals surface area contributed by atoms with Crippen LogP contribution in [0.15, 0.2) is 18.5 Å². The lowest BCUT2D eigenvalue weighted by Crippen LogP contribution is -2.38. The summed E-state index contributed by atoms with van der Waals surface area (Å²) in [6.45, 7) is 2.37. The van der Waals surface area contributed by atoms with E-state index in [1.807, 2.05) is 30.8 Å². The van der Waals surface area contributed by atoms with E-state index >= 15 is 0 Å². The number of imidazole rings is 1. The SMILES string of the molecule is Cc1nc(-c2nccn2C)cc([C@@H]2CCCCN2S(C)(=O)=O)n1. The fourth-order valence-electron chi connectivity index (χ4n) is 3.09. The second-order valence-electron chi connectivity index (χ2n) is 5.97. The Morgan fingerprint density at radius 3 is 2.70 bits per heavy atom. The standard InChI is InChI=1S/C15H21N5O2S/c1-11-17-12(10-13(18-11)15-16-7-9-19(15)2)14-6-4-5-8-20(14)23(3,21)22/h7,9-10,14H,4-6,8H2,1-3H3/t14-/m0/s1. The molecule has 0 N–H and O–H groups in total. The van der Waals surface area contributed by atoms with Gasteiger partial charge in [-0.05, 0) is 25.8 Å². The monoisotopic (exact) mass is 335 g/mol. The molecule has 1 atom stereocenters. The van der Waals surface area contributed by atoms with E-state index < -0.39 is 10.0 Å². The van der Waals surface area contributed by atoms with Gasteiger partial charge in [-0.15, -0.1) is 0 Å². The van der Waals surface area contributed by atoms with Crippen LogP contribution in [0.1, 0.15) is 36.8 Å². The van der Waals surface area contributed by atoms with Crippen molar-refractivity contribution in [2.24, 2.45) is 7.05 Å². The molecule has 0 radical (unpaired) electrons. The topological polar surface area (TPSA) is 81.0 Å². The summed E-state index contributed by atoms with van der Waals surface area (Å²) in [5, 5.41) is 0. The molecule has 2 aromatic rings. The first-order valence-corrected chi connectivity index (χ1v) is 9.51. The van der Waals surface area contributed by atoms with Crippen LogP contribution in [0.4, 0.5) is 0 Å². The lowest BCUT2D eigenvalue weighted by molar-refractivity contribution is 0.252. The lowest BCUT2D eigenvalue weighted by atomic mass is 10.0. The van der Waals surface area contributed by atoms with Crippen molar-refractivity contribution in [2.75, 3.05) is 12.8 Å². The summed E-state index contributed by atoms with van der Waals surface area (Å²) in [5.41, 5.74) is 1.47. The molecule has 2 aromatic heterocycles. The van der Waals surface area contributed by atoms with Crippen LogP contribution in [0.2, 0.25) is 0 Å². The molecule has 0 unspecified atom stereocenters. The zero-order valence-electron chi connectivity index (χ0n) is 13.6. The maximum atomic E-state index is 12.1. The van der Waals surface area contributed by atoms with Crippen molar-refractivity contribution < 1.29 is 8.42 Å². The summed E-state index contributed by atoms with van der Waals surface area (Å²) in [7, 11) is -1.35. The van der Waals surface area contributed by atoms with E-state index in [9.17, 15) is 8.42 Å². The van der Waals surface area contributed by atoms with Gasteiger partial charge in [-0.3, -0.25) is 0 Å². The average Bonchev–Trinajstić information content (AvgIpc) is 2.92. The van der Waals surface area contributed by atoms with Crippen LogP contribution in [-0.2, 0) is 17.1 Å². The van der Waals surface area contributed by atoms with Crippen LogP contribution in [0.3, 0.4) is 0 Å². The smallest absolute Gasteiger partial charge is 0.211 e. The van der Waals surface area contributed by atoms with E-state index in [1.165, 1.54) is 6.26 Å². The van der Waals surface area contributed by atoms with Gasteiger partial charge >= 0.3 is 0 Å². The molecule has 1 aliphatic rings. The van der Waals surface area contributed by atoms with Crippen molar-refractivity contribution in [1.29, 1.82) is 0 Å². The lowest BCUT2D eigenvalue weighted by Gasteiger charge is -2.33. The average molecular weight is 335 g/mol. The van der Waals surface area contributed by atoms with Crippen LogP contribution in [0.25, 0.3) is 11.5 Å². The van der Waals surface area contributed by atoms with Gasteiger partial charge in [0.2, 0.25) is 10.0 Å². The van der Waals surface area contributed by atoms with Gasteiger partial charge in [-0.25, -0.2) is 23.4 Å². The van der Waals surface area contributed by atoms with Gasteiger partial charge in [0.1, 0.15) is 11.5 Å². The molecular weight excluding hydrogens is 314 g/mol. The van der Waals surface area contributed by atoms with Gasteiger partial charge in [0.15, 0.2) is 5.82 Å². The third-order valence-corrected chi connectivity index (χ3v) is 5.42. The molecule has 3 heterocycles. The maximum Gasteiger partial charge on any atom is 0.211 e. The Kier molecular flexibility index (Phi) is 4.20. The Morgan fingerprint density at radius 1 is 1.26 bits per heavy atom. The Morgan fingerprint density at radius 2 is 2.04 bits per heavy atom. The highest BCUT2D eigenvalue weighted by atomic mass is 32.2. The van der Waals surface area contributed by atoms with E-state index in [4.69, 9.17) is 0 Å². The van der Waals surface area contributed by atoms with Gasteiger partial charge < -0.3 is 4.57 Å². The third kappa shape index (κ3) is 3.28. The highest BCUT2D eigenvalue weighted by Gasteiger charge is 2.32. The molecule has 0 amide bonds. The molecule has 0 bridgehead atoms. The molecule has 0 aliphatic carbocycles. The number of hydrogen-bond donors (Lipinski definition) is 0. The van der Waals surface area contributed by atoms with Gasteiger partial charge in [0.05, 0.1) is 18.0 Å². The van der Waals surface area contributed by atoms with Crippen LogP contribution in [0, 0.1) is 6.92 Å². The van der Waals surface area contributed by atoms with Crippen molar-refractivity contribution in [3.8, 4) is 11.5 Å². The van der Waals surface area contributed by atoms with Crippen molar-refractivity contribution in [3.05, 3.63) is 30.0 Å². The van der Waals surface area contributed by atoms with Crippen LogP contribution in [-0.4, -0.2) is 45.0 Å². The minimum atomic E-state index is -3.26. The summed E-state index contributed by atoms with van der Waals surface area (Å²) in [6, 6.07) is 1.64. The molecule has 1 aliphatic heterocycles. The van der Waals surface area contributed by atoms with Crippen molar-refractivity contribution in [1.82, 2.24) is 23.8 Å². The highest BCUT2D eigenvalue weighted by Crippen LogP contribution is 2.33. The normalized spacial score (nSPS) is 19.9. The number of sulfonamides is 1. The number of aromatic nitrogens is 4. The molecule has 0 aromatic carbocycles. The predicted molar refractivity (Wildman–Crippen MR) is 87.1 cm³/mol. The van der Waals surface area contributed by atoms with Gasteiger partial charge in [0.25, 0.3) is 0 Å². The summed E-state index contributed by atoms with van der Waals surface area (Å²) < 4.78 is 27.6. The minimum absolute atomic E-state index is 0.223. The molecule has 124 valence electrons. The molecule has 0 saturated carbocycles. The second-order valence-corrected chi connectivity index (χ2v) is 7.91. The number of nitrogens with zero attached hydrogens (tertiary/aromatic N) is 5. The molecular formula is C15H21N5O2S. The van der Waals surface area contributed by atoms with E-state index in [0.717, 1.165) is 36.5 Å². The van der Waals surface area contributed by atoms with Crippen LogP contribution in [0.5, 0.6) is 0 Å². The van der Waals surface area contributed by atoms with Gasteiger partial charge in [0, 0.05) is 26.0 Å². The number of piperidine rings is 1. The predicted octanol–water partition coefficient (Wildman–Crippen LogP) is 1.67. The molecule has 1 fully saturated rings. The third-order valence-electron chi connectivity index (χ3n) is 4.13.